The van der Waals surface area contributed by atoms with Gasteiger partial charge in [-0.25, -0.2) is 0 Å². The molecule has 0 radical (unpaired) electrons. The van der Waals surface area contributed by atoms with Gasteiger partial charge in [0.05, 0.1) is 6.04 Å². The van der Waals surface area contributed by atoms with Crippen LogP contribution in [0, 0.1) is 18.8 Å². The molecule has 0 heterocycles. The first-order valence-electron chi connectivity index (χ1n) is 8.00. The van der Waals surface area contributed by atoms with E-state index in [9.17, 15) is 4.79 Å². The molecule has 118 valence electrons. The molecule has 1 unspecified atom stereocenters. The van der Waals surface area contributed by atoms with Gasteiger partial charge in [0.2, 0.25) is 5.91 Å². The van der Waals surface area contributed by atoms with Crippen LogP contribution >= 0.6 is 0 Å². The molecule has 1 aromatic rings. The van der Waals surface area contributed by atoms with E-state index in [2.05, 4.69) is 50.4 Å². The van der Waals surface area contributed by atoms with E-state index >= 15 is 0 Å². The van der Waals surface area contributed by atoms with Crippen molar-refractivity contribution in [2.45, 2.75) is 53.0 Å². The summed E-state index contributed by atoms with van der Waals surface area (Å²) in [6.45, 7) is 9.20. The van der Waals surface area contributed by atoms with Crippen LogP contribution in [-0.2, 0) is 4.79 Å². The van der Waals surface area contributed by atoms with Crippen LogP contribution in [0.3, 0.4) is 0 Å². The lowest BCUT2D eigenvalue weighted by Gasteiger charge is -2.20. The lowest BCUT2D eigenvalue weighted by atomic mass is 9.88. The minimum Gasteiger partial charge on any atom is -0.350 e. The quantitative estimate of drug-likeness (QED) is 0.769. The minimum absolute atomic E-state index is 0.0603. The highest BCUT2D eigenvalue weighted by molar-refractivity contribution is 5.76. The van der Waals surface area contributed by atoms with Gasteiger partial charge in [-0.3, -0.25) is 4.79 Å². The van der Waals surface area contributed by atoms with Crippen molar-refractivity contribution in [3.63, 3.8) is 0 Å². The van der Waals surface area contributed by atoms with Crippen LogP contribution in [0.1, 0.15) is 57.2 Å². The summed E-state index contributed by atoms with van der Waals surface area (Å²) in [5.41, 5.74) is 8.03. The van der Waals surface area contributed by atoms with Crippen LogP contribution in [0.2, 0.25) is 0 Å². The van der Waals surface area contributed by atoms with Gasteiger partial charge in [-0.05, 0) is 50.6 Å². The predicted octanol–water partition coefficient (Wildman–Crippen LogP) is 3.57. The maximum Gasteiger partial charge on any atom is 0.220 e. The Balaban J connectivity index is 2.44. The number of rotatable bonds is 8. The summed E-state index contributed by atoms with van der Waals surface area (Å²) in [6.07, 6.45) is 2.50. The maximum absolute atomic E-state index is 12.1. The number of aryl methyl sites for hydroxylation is 1. The molecule has 1 rings (SSSR count). The molecule has 0 aromatic heterocycles. The number of nitrogens with two attached hydrogens (primary N) is 1. The number of hydrogen-bond donors (Lipinski definition) is 2. The Hall–Kier alpha value is -1.35. The molecule has 0 saturated heterocycles. The smallest absolute Gasteiger partial charge is 0.220 e. The molecule has 3 heteroatoms. The van der Waals surface area contributed by atoms with Crippen molar-refractivity contribution in [1.29, 1.82) is 0 Å². The van der Waals surface area contributed by atoms with Gasteiger partial charge < -0.3 is 11.1 Å². The molecule has 0 fully saturated rings. The van der Waals surface area contributed by atoms with Gasteiger partial charge in [-0.1, -0.05) is 43.7 Å². The second-order valence-electron chi connectivity index (χ2n) is 6.32. The Bertz CT molecular complexity index is 425. The molecule has 2 atom stereocenters. The first-order chi connectivity index (χ1) is 9.93. The van der Waals surface area contributed by atoms with E-state index in [-0.39, 0.29) is 11.9 Å². The number of amides is 1. The van der Waals surface area contributed by atoms with Crippen LogP contribution in [0.15, 0.2) is 24.3 Å². The highest BCUT2D eigenvalue weighted by Crippen LogP contribution is 2.21. The van der Waals surface area contributed by atoms with Crippen molar-refractivity contribution in [3.05, 3.63) is 35.4 Å². The van der Waals surface area contributed by atoms with Crippen molar-refractivity contribution in [2.75, 3.05) is 6.54 Å². The molecule has 0 bridgehead atoms. The molecule has 1 aromatic carbocycles. The molecule has 21 heavy (non-hydrogen) atoms. The zero-order valence-electron chi connectivity index (χ0n) is 13.9. The third kappa shape index (κ3) is 6.30. The predicted molar refractivity (Wildman–Crippen MR) is 89.0 cm³/mol. The monoisotopic (exact) mass is 290 g/mol. The lowest BCUT2D eigenvalue weighted by Crippen LogP contribution is -2.27. The van der Waals surface area contributed by atoms with Crippen LogP contribution in [0.4, 0.5) is 0 Å². The number of nitrogens with one attached hydrogen (secondary N) is 1. The summed E-state index contributed by atoms with van der Waals surface area (Å²) in [5, 5.41) is 3.08. The van der Waals surface area contributed by atoms with E-state index in [0.717, 1.165) is 18.4 Å². The van der Waals surface area contributed by atoms with Crippen molar-refractivity contribution in [1.82, 2.24) is 5.32 Å². The summed E-state index contributed by atoms with van der Waals surface area (Å²) in [7, 11) is 0. The Morgan fingerprint density at radius 3 is 2.29 bits per heavy atom. The highest BCUT2D eigenvalue weighted by atomic mass is 16.1. The molecular formula is C18H30N2O. The van der Waals surface area contributed by atoms with Gasteiger partial charge in [0.15, 0.2) is 0 Å². The SMILES string of the molecule is Cc1ccc([C@H](C)NC(=O)CCC(CCN)C(C)C)cc1. The normalized spacial score (nSPS) is 14.0. The molecule has 3 nitrogen and oxygen atoms in total. The molecule has 0 aliphatic carbocycles. The van der Waals surface area contributed by atoms with Gasteiger partial charge in [0.25, 0.3) is 0 Å². The van der Waals surface area contributed by atoms with E-state index in [1.165, 1.54) is 5.56 Å². The fourth-order valence-electron chi connectivity index (χ4n) is 2.59. The van der Waals surface area contributed by atoms with Crippen molar-refractivity contribution >= 4 is 5.91 Å². The van der Waals surface area contributed by atoms with Crippen molar-refractivity contribution < 1.29 is 4.79 Å². The van der Waals surface area contributed by atoms with Gasteiger partial charge in [-0.15, -0.1) is 0 Å². The fraction of sp³-hybridized carbons (Fsp3) is 0.611. The standard InChI is InChI=1S/C18H30N2O/c1-13(2)16(11-12-19)9-10-18(21)20-15(4)17-7-5-14(3)6-8-17/h5-8,13,15-16H,9-12,19H2,1-4H3,(H,20,21)/t15-,16?/m0/s1. The third-order valence-electron chi connectivity index (χ3n) is 4.18. The van der Waals surface area contributed by atoms with Gasteiger partial charge in [0.1, 0.15) is 0 Å². The Kier molecular flexibility index (Phi) is 7.44. The van der Waals surface area contributed by atoms with E-state index in [0.29, 0.717) is 24.8 Å². The third-order valence-corrected chi connectivity index (χ3v) is 4.18. The average molecular weight is 290 g/mol. The topological polar surface area (TPSA) is 55.1 Å². The Morgan fingerprint density at radius 1 is 1.14 bits per heavy atom. The lowest BCUT2D eigenvalue weighted by molar-refractivity contribution is -0.122. The number of hydrogen-bond acceptors (Lipinski definition) is 2. The number of carbonyl (C=O) groups is 1. The maximum atomic E-state index is 12.1. The van der Waals surface area contributed by atoms with E-state index in [4.69, 9.17) is 5.73 Å². The van der Waals surface area contributed by atoms with Crippen LogP contribution < -0.4 is 11.1 Å². The molecule has 1 amide bonds. The summed E-state index contributed by atoms with van der Waals surface area (Å²) < 4.78 is 0. The summed E-state index contributed by atoms with van der Waals surface area (Å²) in [4.78, 5) is 12.1. The second-order valence-corrected chi connectivity index (χ2v) is 6.32. The zero-order chi connectivity index (χ0) is 15.8. The van der Waals surface area contributed by atoms with Gasteiger partial charge in [0, 0.05) is 6.42 Å². The molecule has 3 N–H and O–H groups in total. The van der Waals surface area contributed by atoms with E-state index in [1.54, 1.807) is 0 Å². The van der Waals surface area contributed by atoms with Crippen LogP contribution in [0.25, 0.3) is 0 Å². The van der Waals surface area contributed by atoms with Crippen molar-refractivity contribution in [3.8, 4) is 0 Å². The highest BCUT2D eigenvalue weighted by Gasteiger charge is 2.15. The summed E-state index contributed by atoms with van der Waals surface area (Å²) in [6, 6.07) is 8.37. The summed E-state index contributed by atoms with van der Waals surface area (Å²) >= 11 is 0. The van der Waals surface area contributed by atoms with Gasteiger partial charge in [-0.2, -0.15) is 0 Å². The summed E-state index contributed by atoms with van der Waals surface area (Å²) in [5.74, 6) is 1.25. The molecule has 0 aliphatic rings. The van der Waals surface area contributed by atoms with Gasteiger partial charge >= 0.3 is 0 Å². The molecular weight excluding hydrogens is 260 g/mol. The number of benzene rings is 1. The first kappa shape index (κ1) is 17.7. The van der Waals surface area contributed by atoms with Crippen LogP contribution in [0.5, 0.6) is 0 Å². The number of carbonyl (C=O) groups excluding carboxylic acids is 1. The Labute approximate surface area is 129 Å². The van der Waals surface area contributed by atoms with E-state index in [1.807, 2.05) is 6.92 Å². The van der Waals surface area contributed by atoms with E-state index < -0.39 is 0 Å². The molecule has 0 saturated carbocycles. The second kappa shape index (κ2) is 8.83. The van der Waals surface area contributed by atoms with Crippen LogP contribution in [-0.4, -0.2) is 12.5 Å². The molecule has 0 spiro atoms. The first-order valence-corrected chi connectivity index (χ1v) is 8.00. The molecule has 0 aliphatic heterocycles. The van der Waals surface area contributed by atoms with Crippen molar-refractivity contribution in [2.24, 2.45) is 17.6 Å². The zero-order valence-corrected chi connectivity index (χ0v) is 13.9. The fourth-order valence-corrected chi connectivity index (χ4v) is 2.59. The largest absolute Gasteiger partial charge is 0.350 e. The average Bonchev–Trinajstić information content (AvgIpc) is 2.43. The Morgan fingerprint density at radius 2 is 1.76 bits per heavy atom. The minimum atomic E-state index is 0.0603.